The maximum Gasteiger partial charge on any atom is 0.283 e. The van der Waals surface area contributed by atoms with Crippen LogP contribution in [-0.4, -0.2) is 31.4 Å². The molecule has 0 atom stereocenters. The maximum atomic E-state index is 13.2. The predicted octanol–water partition coefficient (Wildman–Crippen LogP) is 4.04. The molecule has 0 fully saturated rings. The van der Waals surface area contributed by atoms with Gasteiger partial charge in [0.2, 0.25) is 5.91 Å². The lowest BCUT2D eigenvalue weighted by Gasteiger charge is -2.09. The Morgan fingerprint density at radius 2 is 1.61 bits per heavy atom. The molecular formula is C18H15ClF4N6O2. The Hall–Kier alpha value is -3.41. The van der Waals surface area contributed by atoms with Gasteiger partial charge in [0.15, 0.2) is 5.69 Å². The molecule has 1 aromatic carbocycles. The van der Waals surface area contributed by atoms with Crippen LogP contribution in [0.2, 0.25) is 5.02 Å². The first-order chi connectivity index (χ1) is 14.7. The van der Waals surface area contributed by atoms with Gasteiger partial charge in [-0.2, -0.15) is 10.2 Å². The van der Waals surface area contributed by atoms with Crippen LogP contribution in [-0.2, 0) is 18.4 Å². The minimum atomic E-state index is -3.19. The van der Waals surface area contributed by atoms with Crippen molar-refractivity contribution in [2.24, 2.45) is 7.05 Å². The van der Waals surface area contributed by atoms with Crippen molar-refractivity contribution in [3.8, 4) is 0 Å². The number of rotatable bonds is 7. The Morgan fingerprint density at radius 1 is 1.00 bits per heavy atom. The minimum absolute atomic E-state index is 0.218. The Morgan fingerprint density at radius 3 is 2.13 bits per heavy atom. The van der Waals surface area contributed by atoms with Crippen molar-refractivity contribution in [2.75, 3.05) is 10.6 Å². The average molecular weight is 459 g/mol. The Labute approximate surface area is 177 Å². The molecule has 0 unspecified atom stereocenters. The van der Waals surface area contributed by atoms with E-state index in [1.807, 2.05) is 0 Å². The molecule has 3 aromatic rings. The van der Waals surface area contributed by atoms with E-state index in [0.717, 1.165) is 0 Å². The Bertz CT molecular complexity index is 1100. The number of benzene rings is 1. The molecule has 2 aromatic heterocycles. The van der Waals surface area contributed by atoms with Crippen molar-refractivity contribution >= 4 is 34.8 Å². The van der Waals surface area contributed by atoms with Crippen LogP contribution in [0.15, 0.2) is 36.5 Å². The number of nitrogens with one attached hydrogen (secondary N) is 2. The van der Waals surface area contributed by atoms with Gasteiger partial charge in [-0.1, -0.05) is 11.6 Å². The van der Waals surface area contributed by atoms with Crippen molar-refractivity contribution in [3.63, 3.8) is 0 Å². The van der Waals surface area contributed by atoms with Gasteiger partial charge in [-0.25, -0.2) is 17.6 Å². The third-order valence-electron chi connectivity index (χ3n) is 4.04. The lowest BCUT2D eigenvalue weighted by molar-refractivity contribution is -0.117. The van der Waals surface area contributed by atoms with Gasteiger partial charge in [-0.3, -0.25) is 19.0 Å². The molecular weight excluding hydrogens is 444 g/mol. The molecule has 0 saturated carbocycles. The molecule has 164 valence electrons. The van der Waals surface area contributed by atoms with E-state index in [0.29, 0.717) is 10.4 Å². The Kier molecular flexibility index (Phi) is 6.59. The number of halogens is 5. The summed E-state index contributed by atoms with van der Waals surface area (Å²) in [6, 6.07) is 7.46. The van der Waals surface area contributed by atoms with Gasteiger partial charge in [0.05, 0.1) is 5.02 Å². The smallest absolute Gasteiger partial charge is 0.283 e. The van der Waals surface area contributed by atoms with Crippen molar-refractivity contribution < 1.29 is 27.2 Å². The standard InChI is InChI=1S/C18H15ClF4N6O2/c1-28-7-6-11(26-28)18(31)25-10-4-2-9(3-5-10)24-12(30)8-29-15(17(22)23)13(19)14(27-29)16(20)21/h2-7,16-17H,8H2,1H3,(H,24,30)(H,25,31). The first-order valence-electron chi connectivity index (χ1n) is 8.69. The largest absolute Gasteiger partial charge is 0.324 e. The molecule has 2 heterocycles. The quantitative estimate of drug-likeness (QED) is 0.523. The van der Waals surface area contributed by atoms with Crippen LogP contribution in [0.3, 0.4) is 0 Å². The summed E-state index contributed by atoms with van der Waals surface area (Å²) in [4.78, 5) is 24.2. The van der Waals surface area contributed by atoms with Crippen molar-refractivity contribution in [2.45, 2.75) is 19.4 Å². The lowest BCUT2D eigenvalue weighted by atomic mass is 10.2. The summed E-state index contributed by atoms with van der Waals surface area (Å²) in [7, 11) is 1.67. The number of amides is 2. The highest BCUT2D eigenvalue weighted by Crippen LogP contribution is 2.34. The van der Waals surface area contributed by atoms with E-state index in [1.54, 1.807) is 19.3 Å². The fourth-order valence-electron chi connectivity index (χ4n) is 2.65. The molecule has 13 heteroatoms. The van der Waals surface area contributed by atoms with Gasteiger partial charge in [0.1, 0.15) is 17.9 Å². The number of carbonyl (C=O) groups is 2. The number of hydrogen-bond donors (Lipinski definition) is 2. The monoisotopic (exact) mass is 458 g/mol. The maximum absolute atomic E-state index is 13.2. The van der Waals surface area contributed by atoms with Crippen molar-refractivity contribution in [1.29, 1.82) is 0 Å². The summed E-state index contributed by atoms with van der Waals surface area (Å²) >= 11 is 5.55. The highest BCUT2D eigenvalue weighted by molar-refractivity contribution is 6.32. The van der Waals surface area contributed by atoms with Gasteiger partial charge in [-0.05, 0) is 30.3 Å². The summed E-state index contributed by atoms with van der Waals surface area (Å²) in [5.41, 5.74) is -1.05. The lowest BCUT2D eigenvalue weighted by Crippen LogP contribution is -2.21. The van der Waals surface area contributed by atoms with Crippen LogP contribution in [0, 0.1) is 0 Å². The average Bonchev–Trinajstić information content (AvgIpc) is 3.26. The molecule has 0 spiro atoms. The van der Waals surface area contributed by atoms with Crippen LogP contribution in [0.5, 0.6) is 0 Å². The second-order valence-electron chi connectivity index (χ2n) is 6.30. The Balaban J connectivity index is 1.65. The molecule has 0 bridgehead atoms. The zero-order valence-corrected chi connectivity index (χ0v) is 16.6. The van der Waals surface area contributed by atoms with Gasteiger partial charge >= 0.3 is 0 Å². The fourth-order valence-corrected chi connectivity index (χ4v) is 2.95. The molecule has 8 nitrogen and oxygen atoms in total. The van der Waals surface area contributed by atoms with E-state index in [1.165, 1.54) is 28.9 Å². The van der Waals surface area contributed by atoms with Crippen molar-refractivity contribution in [1.82, 2.24) is 19.6 Å². The van der Waals surface area contributed by atoms with Crippen LogP contribution in [0.25, 0.3) is 0 Å². The highest BCUT2D eigenvalue weighted by atomic mass is 35.5. The summed E-state index contributed by atoms with van der Waals surface area (Å²) < 4.78 is 54.0. The third-order valence-corrected chi connectivity index (χ3v) is 4.42. The van der Waals surface area contributed by atoms with E-state index in [2.05, 4.69) is 20.8 Å². The van der Waals surface area contributed by atoms with Gasteiger partial charge in [0.25, 0.3) is 18.8 Å². The molecule has 0 aliphatic heterocycles. The van der Waals surface area contributed by atoms with Crippen LogP contribution < -0.4 is 10.6 Å². The second kappa shape index (κ2) is 9.16. The summed E-state index contributed by atoms with van der Waals surface area (Å²) in [5, 5.41) is 11.5. The first-order valence-corrected chi connectivity index (χ1v) is 9.06. The third kappa shape index (κ3) is 5.20. The number of aryl methyl sites for hydroxylation is 1. The molecule has 0 radical (unpaired) electrons. The topological polar surface area (TPSA) is 93.8 Å². The molecule has 31 heavy (non-hydrogen) atoms. The normalized spacial score (nSPS) is 11.2. The van der Waals surface area contributed by atoms with E-state index < -0.39 is 47.6 Å². The molecule has 2 N–H and O–H groups in total. The van der Waals surface area contributed by atoms with Gasteiger partial charge in [0, 0.05) is 24.6 Å². The molecule has 0 aliphatic carbocycles. The molecule has 2 amide bonds. The van der Waals surface area contributed by atoms with Gasteiger partial charge in [-0.15, -0.1) is 0 Å². The summed E-state index contributed by atoms with van der Waals surface area (Å²) in [6.45, 7) is -0.746. The number of anilines is 2. The summed E-state index contributed by atoms with van der Waals surface area (Å²) in [5.74, 6) is -1.21. The number of nitrogens with zero attached hydrogens (tertiary/aromatic N) is 4. The number of alkyl halides is 4. The predicted molar refractivity (Wildman–Crippen MR) is 103 cm³/mol. The van der Waals surface area contributed by atoms with Crippen LogP contribution in [0.4, 0.5) is 28.9 Å². The van der Waals surface area contributed by atoms with E-state index in [9.17, 15) is 27.2 Å². The fraction of sp³-hybridized carbons (Fsp3) is 0.222. The zero-order chi connectivity index (χ0) is 22.7. The minimum Gasteiger partial charge on any atom is -0.324 e. The number of carbonyl (C=O) groups excluding carboxylic acids is 2. The van der Waals surface area contributed by atoms with E-state index in [4.69, 9.17) is 11.6 Å². The van der Waals surface area contributed by atoms with E-state index >= 15 is 0 Å². The molecule has 3 rings (SSSR count). The zero-order valence-electron chi connectivity index (χ0n) is 15.8. The van der Waals surface area contributed by atoms with Gasteiger partial charge < -0.3 is 10.6 Å². The van der Waals surface area contributed by atoms with Crippen molar-refractivity contribution in [3.05, 3.63) is 58.6 Å². The molecule has 0 aliphatic rings. The van der Waals surface area contributed by atoms with Crippen LogP contribution >= 0.6 is 11.6 Å². The first kappa shape index (κ1) is 22.3. The molecule has 0 saturated heterocycles. The summed E-state index contributed by atoms with van der Waals surface area (Å²) in [6.07, 6.45) is -4.74. The SMILES string of the molecule is Cn1ccc(C(=O)Nc2ccc(NC(=O)Cn3nc(C(F)F)c(Cl)c3C(F)F)cc2)n1. The number of hydrogen-bond acceptors (Lipinski definition) is 4. The number of aromatic nitrogens is 4. The van der Waals surface area contributed by atoms with E-state index in [-0.39, 0.29) is 11.4 Å². The van der Waals surface area contributed by atoms with Crippen LogP contribution in [0.1, 0.15) is 34.7 Å². The highest BCUT2D eigenvalue weighted by Gasteiger charge is 2.28. The second-order valence-corrected chi connectivity index (χ2v) is 6.68.